The van der Waals surface area contributed by atoms with Gasteiger partial charge in [-0.3, -0.25) is 4.84 Å². The number of alkyl halides is 3. The van der Waals surface area contributed by atoms with Crippen LogP contribution in [-0.2, 0) is 30.5 Å². The van der Waals surface area contributed by atoms with Crippen LogP contribution in [0.15, 0.2) is 95.1 Å². The number of rotatable bonds is 10. The minimum absolute atomic E-state index is 0.0781. The molecule has 0 aliphatic carbocycles. The lowest BCUT2D eigenvalue weighted by molar-refractivity contribution is -0.715. The molecule has 1 aliphatic heterocycles. The molecular formula is C32H31F3N6O8S. The van der Waals surface area contributed by atoms with Crippen molar-refractivity contribution in [1.82, 2.24) is 19.5 Å². The maximum atomic E-state index is 13.5. The molecule has 14 nitrogen and oxygen atoms in total. The first kappa shape index (κ1) is 35.7. The molecule has 4 aromatic rings. The fourth-order valence-corrected chi connectivity index (χ4v) is 5.74. The summed E-state index contributed by atoms with van der Waals surface area (Å²) < 4.78 is 79.6. The topological polar surface area (TPSA) is 167 Å². The second-order valence-corrected chi connectivity index (χ2v) is 12.8. The molecule has 1 saturated heterocycles. The van der Waals surface area contributed by atoms with Crippen molar-refractivity contribution in [3.05, 3.63) is 107 Å². The second kappa shape index (κ2) is 14.9. The predicted octanol–water partition coefficient (Wildman–Crippen LogP) is 5.76. The van der Waals surface area contributed by atoms with Gasteiger partial charge in [-0.05, 0) is 49.4 Å². The van der Waals surface area contributed by atoms with Gasteiger partial charge >= 0.3 is 18.2 Å². The van der Waals surface area contributed by atoms with Gasteiger partial charge in [0.15, 0.2) is 5.69 Å². The first-order valence-corrected chi connectivity index (χ1v) is 16.6. The van der Waals surface area contributed by atoms with Crippen molar-refractivity contribution in [1.29, 1.82) is 0 Å². The molecule has 1 aromatic heterocycles. The normalized spacial score (nSPS) is 14.9. The molecule has 2 heterocycles. The number of carbonyl (C=O) groups excluding carboxylic acids is 2. The van der Waals surface area contributed by atoms with E-state index in [-0.39, 0.29) is 47.2 Å². The van der Waals surface area contributed by atoms with Crippen LogP contribution in [0.5, 0.6) is 0 Å². The van der Waals surface area contributed by atoms with Crippen molar-refractivity contribution >= 4 is 22.1 Å². The van der Waals surface area contributed by atoms with Crippen LogP contribution in [0, 0.1) is 12.1 Å². The quantitative estimate of drug-likeness (QED) is 0.0701. The summed E-state index contributed by atoms with van der Waals surface area (Å²) in [5.74, 6) is -0.661. The summed E-state index contributed by atoms with van der Waals surface area (Å²) in [4.78, 5) is 29.4. The van der Waals surface area contributed by atoms with Crippen molar-refractivity contribution in [2.45, 2.75) is 50.2 Å². The largest absolute Gasteiger partial charge is 0.569 e. The Bertz CT molecular complexity index is 1950. The summed E-state index contributed by atoms with van der Waals surface area (Å²) in [7, 11) is -4.43. The van der Waals surface area contributed by atoms with Gasteiger partial charge in [0.05, 0.1) is 39.9 Å². The molecule has 1 amide bonds. The number of carbonyl (C=O) groups is 2. The number of amides is 1. The Morgan fingerprint density at radius 1 is 1.02 bits per heavy atom. The lowest BCUT2D eigenvalue weighted by Crippen LogP contribution is -2.43. The highest BCUT2D eigenvalue weighted by Crippen LogP contribution is 2.33. The van der Waals surface area contributed by atoms with E-state index in [1.54, 1.807) is 54.6 Å². The second-order valence-electron chi connectivity index (χ2n) is 11.1. The Morgan fingerprint density at radius 3 is 2.28 bits per heavy atom. The van der Waals surface area contributed by atoms with Crippen LogP contribution in [0.1, 0.15) is 41.4 Å². The average molecular weight is 717 g/mol. The first-order valence-electron chi connectivity index (χ1n) is 15.1. The molecule has 1 fully saturated rings. The fourth-order valence-electron chi connectivity index (χ4n) is 4.86. The Kier molecular flexibility index (Phi) is 10.6. The van der Waals surface area contributed by atoms with Crippen LogP contribution in [0.3, 0.4) is 0 Å². The first-order chi connectivity index (χ1) is 23.7. The molecule has 50 heavy (non-hydrogen) atoms. The molecular weight excluding hydrogens is 685 g/mol. The van der Waals surface area contributed by atoms with E-state index >= 15 is 0 Å². The van der Waals surface area contributed by atoms with Crippen LogP contribution >= 0.6 is 0 Å². The maximum Gasteiger partial charge on any atom is 0.435 e. The number of aryl methyl sites for hydroxylation is 1. The van der Waals surface area contributed by atoms with Gasteiger partial charge in [0.1, 0.15) is 6.10 Å². The lowest BCUT2D eigenvalue weighted by Gasteiger charge is -2.28. The van der Waals surface area contributed by atoms with E-state index < -0.39 is 46.4 Å². The van der Waals surface area contributed by atoms with Gasteiger partial charge in [-0.15, -0.1) is 5.01 Å². The van der Waals surface area contributed by atoms with Gasteiger partial charge in [-0.1, -0.05) is 48.0 Å². The molecule has 1 N–H and O–H groups in total. The molecule has 0 spiro atoms. The standard InChI is InChI=1S/C32H31F3N6O8S/c1-21-8-10-23(11-9-21)28-20-29(32(33,34)35)36-40(28)25-12-14-27(15-13-25)50(45,46)37-31(43)48-26-16-18-39(19-17-26)41(44)38-49-22(2)47-30(42)24-6-4-3-5-7-24/h3-15,20,22,26H,16-19H2,1-2H3,(H,37,43)/b41-38+. The minimum atomic E-state index is -4.72. The smallest absolute Gasteiger partial charge is 0.435 e. The van der Waals surface area contributed by atoms with Gasteiger partial charge in [0.25, 0.3) is 16.3 Å². The molecule has 264 valence electrons. The van der Waals surface area contributed by atoms with Crippen molar-refractivity contribution in [3.8, 4) is 16.9 Å². The van der Waals surface area contributed by atoms with E-state index in [4.69, 9.17) is 14.3 Å². The summed E-state index contributed by atoms with van der Waals surface area (Å²) in [6.45, 7) is 3.38. The zero-order chi connectivity index (χ0) is 36.1. The summed E-state index contributed by atoms with van der Waals surface area (Å²) in [5.41, 5.74) is 0.833. The van der Waals surface area contributed by atoms with Gasteiger partial charge in [0, 0.05) is 25.3 Å². The zero-order valence-corrected chi connectivity index (χ0v) is 27.4. The van der Waals surface area contributed by atoms with Crippen LogP contribution in [-0.4, -0.2) is 65.7 Å². The van der Waals surface area contributed by atoms with Crippen LogP contribution < -0.4 is 4.72 Å². The molecule has 0 bridgehead atoms. The maximum absolute atomic E-state index is 13.5. The predicted molar refractivity (Wildman–Crippen MR) is 169 cm³/mol. The Balaban J connectivity index is 1.14. The van der Waals surface area contributed by atoms with Crippen molar-refractivity contribution in [2.75, 3.05) is 13.1 Å². The number of esters is 1. The molecule has 1 unspecified atom stereocenters. The van der Waals surface area contributed by atoms with Crippen molar-refractivity contribution < 1.29 is 50.5 Å². The third-order valence-electron chi connectivity index (χ3n) is 7.44. The number of benzene rings is 3. The SMILES string of the molecule is Cc1ccc(-c2cc(C(F)(F)F)nn2-c2ccc(S(=O)(=O)NC(=O)OC3CCN(/[N+]([O-])=N\OC(C)OC(=O)c4ccccc4)CC3)cc2)cc1. The van der Waals surface area contributed by atoms with Gasteiger partial charge < -0.3 is 14.7 Å². The molecule has 0 radical (unpaired) electrons. The van der Waals surface area contributed by atoms with E-state index in [0.717, 1.165) is 28.4 Å². The number of hydrogen-bond acceptors (Lipinski definition) is 10. The number of sulfonamides is 1. The Hall–Kier alpha value is -5.65. The van der Waals surface area contributed by atoms with Crippen molar-refractivity contribution in [3.63, 3.8) is 0 Å². The van der Waals surface area contributed by atoms with Crippen LogP contribution in [0.25, 0.3) is 16.9 Å². The number of nitrogens with one attached hydrogen (secondary N) is 1. The Labute approximate surface area is 284 Å². The lowest BCUT2D eigenvalue weighted by atomic mass is 10.1. The Morgan fingerprint density at radius 2 is 1.66 bits per heavy atom. The number of aromatic nitrogens is 2. The summed E-state index contributed by atoms with van der Waals surface area (Å²) in [5, 5.41) is 20.7. The van der Waals surface area contributed by atoms with E-state index in [2.05, 4.69) is 10.4 Å². The highest BCUT2D eigenvalue weighted by atomic mass is 32.2. The molecule has 5 rings (SSSR count). The summed E-state index contributed by atoms with van der Waals surface area (Å²) in [6.07, 6.45) is -7.55. The molecule has 18 heteroatoms. The monoisotopic (exact) mass is 716 g/mol. The van der Waals surface area contributed by atoms with Crippen molar-refractivity contribution in [2.24, 2.45) is 5.28 Å². The van der Waals surface area contributed by atoms with E-state index in [0.29, 0.717) is 11.1 Å². The number of hydrazine groups is 1. The van der Waals surface area contributed by atoms with Gasteiger partial charge in [-0.2, -0.15) is 18.3 Å². The number of nitrogens with zero attached hydrogens (tertiary/aromatic N) is 5. The van der Waals surface area contributed by atoms with E-state index in [9.17, 15) is 36.4 Å². The third kappa shape index (κ3) is 8.87. The van der Waals surface area contributed by atoms with Crippen LogP contribution in [0.2, 0.25) is 0 Å². The highest BCUT2D eigenvalue weighted by molar-refractivity contribution is 7.90. The van der Waals surface area contributed by atoms with Gasteiger partial charge in [0.2, 0.25) is 5.28 Å². The fraction of sp³-hybridized carbons (Fsp3) is 0.281. The number of hydrogen-bond donors (Lipinski definition) is 1. The third-order valence-corrected chi connectivity index (χ3v) is 8.77. The molecule has 0 saturated carbocycles. The molecule has 3 aromatic carbocycles. The number of halogens is 3. The highest BCUT2D eigenvalue weighted by Gasteiger charge is 2.35. The summed E-state index contributed by atoms with van der Waals surface area (Å²) >= 11 is 0. The van der Waals surface area contributed by atoms with Crippen LogP contribution in [0.4, 0.5) is 18.0 Å². The minimum Gasteiger partial charge on any atom is -0.569 e. The van der Waals surface area contributed by atoms with Gasteiger partial charge in [-0.25, -0.2) is 27.4 Å². The molecule has 1 aliphatic rings. The number of ether oxygens (including phenoxy) is 2. The molecule has 1 atom stereocenters. The van der Waals surface area contributed by atoms with E-state index in [1.165, 1.54) is 24.1 Å². The average Bonchev–Trinajstić information content (AvgIpc) is 3.55. The van der Waals surface area contributed by atoms with E-state index in [1.807, 2.05) is 11.6 Å². The number of piperidine rings is 1. The summed E-state index contributed by atoms with van der Waals surface area (Å²) in [6, 6.07) is 20.6. The zero-order valence-electron chi connectivity index (χ0n) is 26.6.